The SMILES string of the molecule is O=Cc1ccnc(CNCC(=O)N2CCC(Cc3ccccc3)CC2)c1. The number of aromatic nitrogens is 1. The van der Waals surface area contributed by atoms with Gasteiger partial charge in [0, 0.05) is 31.4 Å². The molecule has 0 atom stereocenters. The number of carbonyl (C=O) groups excluding carboxylic acids is 2. The molecule has 1 aromatic carbocycles. The average molecular weight is 351 g/mol. The molecule has 1 aromatic heterocycles. The molecule has 0 unspecified atom stereocenters. The number of amides is 1. The fourth-order valence-corrected chi connectivity index (χ4v) is 3.41. The number of nitrogens with one attached hydrogen (secondary N) is 1. The smallest absolute Gasteiger partial charge is 0.236 e. The predicted molar refractivity (Wildman–Crippen MR) is 101 cm³/mol. The van der Waals surface area contributed by atoms with Crippen LogP contribution in [0.1, 0.15) is 34.5 Å². The van der Waals surface area contributed by atoms with Crippen LogP contribution in [0.3, 0.4) is 0 Å². The lowest BCUT2D eigenvalue weighted by atomic mass is 9.90. The Hall–Kier alpha value is -2.53. The summed E-state index contributed by atoms with van der Waals surface area (Å²) >= 11 is 0. The van der Waals surface area contributed by atoms with Gasteiger partial charge < -0.3 is 10.2 Å². The van der Waals surface area contributed by atoms with E-state index in [9.17, 15) is 9.59 Å². The molecule has 1 saturated heterocycles. The number of rotatable bonds is 7. The van der Waals surface area contributed by atoms with E-state index in [1.807, 2.05) is 11.0 Å². The van der Waals surface area contributed by atoms with Crippen molar-refractivity contribution in [1.82, 2.24) is 15.2 Å². The molecule has 3 rings (SSSR count). The summed E-state index contributed by atoms with van der Waals surface area (Å²) in [7, 11) is 0. The number of nitrogens with zero attached hydrogens (tertiary/aromatic N) is 2. The van der Waals surface area contributed by atoms with E-state index in [2.05, 4.69) is 34.6 Å². The van der Waals surface area contributed by atoms with Gasteiger partial charge in [0.05, 0.1) is 12.2 Å². The number of piperidine rings is 1. The van der Waals surface area contributed by atoms with Gasteiger partial charge in [-0.15, -0.1) is 0 Å². The Bertz CT molecular complexity index is 725. The molecule has 1 fully saturated rings. The first-order valence-electron chi connectivity index (χ1n) is 9.17. The molecule has 0 bridgehead atoms. The molecule has 26 heavy (non-hydrogen) atoms. The normalized spacial score (nSPS) is 15.0. The standard InChI is InChI=1S/C21H25N3O2/c25-16-19-6-9-23-20(13-19)14-22-15-21(26)24-10-7-18(8-11-24)12-17-4-2-1-3-5-17/h1-6,9,13,16,18,22H,7-8,10-12,14-15H2. The minimum atomic E-state index is 0.134. The Balaban J connectivity index is 1.38. The lowest BCUT2D eigenvalue weighted by molar-refractivity contribution is -0.131. The predicted octanol–water partition coefficient (Wildman–Crippen LogP) is 2.47. The van der Waals surface area contributed by atoms with E-state index in [1.165, 1.54) is 5.56 Å². The first-order chi connectivity index (χ1) is 12.7. The van der Waals surface area contributed by atoms with Crippen LogP contribution in [0.15, 0.2) is 48.7 Å². The molecule has 5 heteroatoms. The van der Waals surface area contributed by atoms with Gasteiger partial charge in [-0.2, -0.15) is 0 Å². The van der Waals surface area contributed by atoms with Crippen LogP contribution in [0.25, 0.3) is 0 Å². The third kappa shape index (κ3) is 5.23. The summed E-state index contributed by atoms with van der Waals surface area (Å²) in [5, 5.41) is 3.13. The van der Waals surface area contributed by atoms with E-state index in [1.54, 1.807) is 18.3 Å². The van der Waals surface area contributed by atoms with Crippen LogP contribution in [0.4, 0.5) is 0 Å². The first-order valence-corrected chi connectivity index (χ1v) is 9.17. The van der Waals surface area contributed by atoms with Crippen molar-refractivity contribution in [2.75, 3.05) is 19.6 Å². The summed E-state index contributed by atoms with van der Waals surface area (Å²) < 4.78 is 0. The summed E-state index contributed by atoms with van der Waals surface area (Å²) in [5.74, 6) is 0.791. The lowest BCUT2D eigenvalue weighted by Gasteiger charge is -2.32. The van der Waals surface area contributed by atoms with E-state index < -0.39 is 0 Å². The second-order valence-corrected chi connectivity index (χ2v) is 6.82. The van der Waals surface area contributed by atoms with Crippen LogP contribution in [0.2, 0.25) is 0 Å². The maximum Gasteiger partial charge on any atom is 0.236 e. The molecule has 1 aliphatic heterocycles. The minimum Gasteiger partial charge on any atom is -0.342 e. The highest BCUT2D eigenvalue weighted by Crippen LogP contribution is 2.21. The molecule has 136 valence electrons. The van der Waals surface area contributed by atoms with Gasteiger partial charge in [-0.05, 0) is 42.9 Å². The summed E-state index contributed by atoms with van der Waals surface area (Å²) in [6.45, 7) is 2.45. The molecule has 1 aliphatic rings. The summed E-state index contributed by atoms with van der Waals surface area (Å²) in [6, 6.07) is 14.0. The molecule has 0 aliphatic carbocycles. The molecule has 5 nitrogen and oxygen atoms in total. The number of hydrogen-bond acceptors (Lipinski definition) is 4. The van der Waals surface area contributed by atoms with E-state index in [-0.39, 0.29) is 5.91 Å². The lowest BCUT2D eigenvalue weighted by Crippen LogP contribution is -2.43. The molecular formula is C21H25N3O2. The number of benzene rings is 1. The fourth-order valence-electron chi connectivity index (χ4n) is 3.41. The zero-order valence-electron chi connectivity index (χ0n) is 14.9. The number of hydrogen-bond donors (Lipinski definition) is 1. The molecule has 1 amide bonds. The molecule has 1 N–H and O–H groups in total. The van der Waals surface area contributed by atoms with Crippen LogP contribution in [-0.4, -0.2) is 41.7 Å². The van der Waals surface area contributed by atoms with E-state index in [0.29, 0.717) is 24.6 Å². The third-order valence-electron chi connectivity index (χ3n) is 4.89. The monoisotopic (exact) mass is 351 g/mol. The summed E-state index contributed by atoms with van der Waals surface area (Å²) in [4.78, 5) is 29.3. The van der Waals surface area contributed by atoms with Crippen LogP contribution >= 0.6 is 0 Å². The van der Waals surface area contributed by atoms with Crippen LogP contribution < -0.4 is 5.32 Å². The minimum absolute atomic E-state index is 0.134. The van der Waals surface area contributed by atoms with E-state index in [0.717, 1.165) is 44.3 Å². The van der Waals surface area contributed by atoms with Crippen molar-refractivity contribution >= 4 is 12.2 Å². The molecule has 2 aromatic rings. The van der Waals surface area contributed by atoms with Gasteiger partial charge in [-0.3, -0.25) is 14.6 Å². The molecular weight excluding hydrogens is 326 g/mol. The third-order valence-corrected chi connectivity index (χ3v) is 4.89. The zero-order chi connectivity index (χ0) is 18.2. The van der Waals surface area contributed by atoms with Gasteiger partial charge in [0.2, 0.25) is 5.91 Å². The van der Waals surface area contributed by atoms with Crippen LogP contribution in [0.5, 0.6) is 0 Å². The van der Waals surface area contributed by atoms with Gasteiger partial charge in [-0.25, -0.2) is 0 Å². The van der Waals surface area contributed by atoms with Gasteiger partial charge in [0.25, 0.3) is 0 Å². The Labute approximate surface area is 154 Å². The quantitative estimate of drug-likeness (QED) is 0.779. The van der Waals surface area contributed by atoms with Crippen molar-refractivity contribution in [3.63, 3.8) is 0 Å². The maximum atomic E-state index is 12.4. The largest absolute Gasteiger partial charge is 0.342 e. The topological polar surface area (TPSA) is 62.3 Å². The summed E-state index contributed by atoms with van der Waals surface area (Å²) in [5.41, 5.74) is 2.75. The second kappa shape index (κ2) is 9.25. The number of aldehydes is 1. The second-order valence-electron chi connectivity index (χ2n) is 6.82. The maximum absolute atomic E-state index is 12.4. The molecule has 0 radical (unpaired) electrons. The number of likely N-dealkylation sites (tertiary alicyclic amines) is 1. The first kappa shape index (κ1) is 18.3. The molecule has 2 heterocycles. The van der Waals surface area contributed by atoms with Gasteiger partial charge in [0.15, 0.2) is 0 Å². The number of carbonyl (C=O) groups is 2. The number of pyridine rings is 1. The average Bonchev–Trinajstić information content (AvgIpc) is 2.69. The van der Waals surface area contributed by atoms with Crippen molar-refractivity contribution in [3.05, 3.63) is 65.5 Å². The highest BCUT2D eigenvalue weighted by Gasteiger charge is 2.22. The Morgan fingerprint density at radius 3 is 2.69 bits per heavy atom. The van der Waals surface area contributed by atoms with Crippen LogP contribution in [0, 0.1) is 5.92 Å². The van der Waals surface area contributed by atoms with Crippen molar-refractivity contribution < 1.29 is 9.59 Å². The van der Waals surface area contributed by atoms with Crippen molar-refractivity contribution in [2.45, 2.75) is 25.8 Å². The zero-order valence-corrected chi connectivity index (χ0v) is 14.9. The molecule has 0 saturated carbocycles. The van der Waals surface area contributed by atoms with Crippen molar-refractivity contribution in [3.8, 4) is 0 Å². The Morgan fingerprint density at radius 1 is 1.19 bits per heavy atom. The highest BCUT2D eigenvalue weighted by molar-refractivity contribution is 5.78. The Kier molecular flexibility index (Phi) is 6.50. The van der Waals surface area contributed by atoms with Gasteiger partial charge in [-0.1, -0.05) is 30.3 Å². The fraction of sp³-hybridized carbons (Fsp3) is 0.381. The van der Waals surface area contributed by atoms with Gasteiger partial charge in [0.1, 0.15) is 6.29 Å². The Morgan fingerprint density at radius 2 is 1.96 bits per heavy atom. The highest BCUT2D eigenvalue weighted by atomic mass is 16.2. The van der Waals surface area contributed by atoms with Gasteiger partial charge >= 0.3 is 0 Å². The summed E-state index contributed by atoms with van der Waals surface area (Å²) in [6.07, 6.45) is 5.63. The van der Waals surface area contributed by atoms with Crippen molar-refractivity contribution in [1.29, 1.82) is 0 Å². The van der Waals surface area contributed by atoms with E-state index in [4.69, 9.17) is 0 Å². The molecule has 0 spiro atoms. The van der Waals surface area contributed by atoms with E-state index >= 15 is 0 Å². The van der Waals surface area contributed by atoms with Crippen LogP contribution in [-0.2, 0) is 17.8 Å². The van der Waals surface area contributed by atoms with Crippen molar-refractivity contribution in [2.24, 2.45) is 5.92 Å².